The lowest BCUT2D eigenvalue weighted by molar-refractivity contribution is -0.145. The number of ether oxygens (including phenoxy) is 1. The summed E-state index contributed by atoms with van der Waals surface area (Å²) < 4.78 is 5.33. The van der Waals surface area contributed by atoms with E-state index in [9.17, 15) is 19.2 Å². The molecule has 3 aromatic carbocycles. The highest BCUT2D eigenvalue weighted by Gasteiger charge is 2.35. The topological polar surface area (TPSA) is 80.8 Å². The Labute approximate surface area is 185 Å². The van der Waals surface area contributed by atoms with Crippen LogP contribution in [0.5, 0.6) is 0 Å². The zero-order valence-electron chi connectivity index (χ0n) is 17.5. The zero-order valence-corrected chi connectivity index (χ0v) is 17.5. The molecule has 6 heteroatoms. The Bertz CT molecular complexity index is 1170. The fraction of sp³-hybridized carbons (Fsp3) is 0.154. The van der Waals surface area contributed by atoms with Gasteiger partial charge in [-0.15, -0.1) is 0 Å². The predicted octanol–water partition coefficient (Wildman–Crippen LogP) is 3.86. The third kappa shape index (κ3) is 4.07. The van der Waals surface area contributed by atoms with E-state index in [1.54, 1.807) is 79.7 Å². The van der Waals surface area contributed by atoms with Gasteiger partial charge in [0.1, 0.15) is 6.61 Å². The molecule has 6 nitrogen and oxygen atoms in total. The van der Waals surface area contributed by atoms with Crippen LogP contribution in [-0.2, 0) is 9.53 Å². The van der Waals surface area contributed by atoms with Gasteiger partial charge in [-0.3, -0.25) is 24.1 Å². The number of carbonyl (C=O) groups excluding carboxylic acids is 4. The van der Waals surface area contributed by atoms with E-state index >= 15 is 0 Å². The van der Waals surface area contributed by atoms with Gasteiger partial charge < -0.3 is 4.74 Å². The number of hydrogen-bond donors (Lipinski definition) is 0. The van der Waals surface area contributed by atoms with E-state index < -0.39 is 11.9 Å². The molecule has 1 unspecified atom stereocenters. The highest BCUT2D eigenvalue weighted by atomic mass is 16.5. The number of carbonyl (C=O) groups is 4. The Kier molecular flexibility index (Phi) is 5.94. The second kappa shape index (κ2) is 8.98. The van der Waals surface area contributed by atoms with Crippen LogP contribution in [0.15, 0.2) is 78.9 Å². The molecule has 0 radical (unpaired) electrons. The summed E-state index contributed by atoms with van der Waals surface area (Å²) in [5, 5.41) is 0. The van der Waals surface area contributed by atoms with Crippen LogP contribution in [0.1, 0.15) is 55.0 Å². The van der Waals surface area contributed by atoms with Crippen molar-refractivity contribution in [1.29, 1.82) is 0 Å². The van der Waals surface area contributed by atoms with Gasteiger partial charge in [0.25, 0.3) is 11.8 Å². The predicted molar refractivity (Wildman–Crippen MR) is 117 cm³/mol. The van der Waals surface area contributed by atoms with E-state index in [4.69, 9.17) is 4.74 Å². The molecule has 3 aromatic rings. The van der Waals surface area contributed by atoms with Crippen molar-refractivity contribution in [2.24, 2.45) is 0 Å². The van der Waals surface area contributed by atoms with Crippen LogP contribution in [0.25, 0.3) is 0 Å². The normalized spacial score (nSPS) is 13.6. The molecule has 0 saturated heterocycles. The number of ketones is 1. The van der Waals surface area contributed by atoms with Gasteiger partial charge in [-0.1, -0.05) is 60.7 Å². The van der Waals surface area contributed by atoms with E-state index in [0.29, 0.717) is 27.8 Å². The largest absolute Gasteiger partial charge is 0.463 e. The first-order valence-corrected chi connectivity index (χ1v) is 10.3. The molecule has 0 bridgehead atoms. The van der Waals surface area contributed by atoms with Crippen molar-refractivity contribution in [3.63, 3.8) is 0 Å². The number of rotatable bonds is 7. The molecule has 0 spiro atoms. The van der Waals surface area contributed by atoms with Crippen molar-refractivity contribution in [2.45, 2.75) is 12.8 Å². The third-order valence-electron chi connectivity index (χ3n) is 5.48. The summed E-state index contributed by atoms with van der Waals surface area (Å²) in [7, 11) is 0. The van der Waals surface area contributed by atoms with E-state index in [1.165, 1.54) is 0 Å². The van der Waals surface area contributed by atoms with Gasteiger partial charge in [-0.2, -0.15) is 0 Å². The second-order valence-corrected chi connectivity index (χ2v) is 7.52. The Morgan fingerprint density at radius 2 is 1.41 bits per heavy atom. The van der Waals surface area contributed by atoms with E-state index in [2.05, 4.69) is 0 Å². The summed E-state index contributed by atoms with van der Waals surface area (Å²) in [6, 6.07) is 22.4. The fourth-order valence-electron chi connectivity index (χ4n) is 3.65. The third-order valence-corrected chi connectivity index (χ3v) is 5.48. The molecule has 0 saturated carbocycles. The van der Waals surface area contributed by atoms with Crippen LogP contribution in [0, 0.1) is 0 Å². The van der Waals surface area contributed by atoms with Crippen molar-refractivity contribution < 1.29 is 23.9 Å². The SMILES string of the molecule is CC(C(=O)OCCN1C(=O)c2ccccc2C1=O)c1cccc(C(=O)c2ccccc2)c1. The molecule has 32 heavy (non-hydrogen) atoms. The summed E-state index contributed by atoms with van der Waals surface area (Å²) in [5.41, 5.74) is 2.42. The van der Waals surface area contributed by atoms with Crippen LogP contribution >= 0.6 is 0 Å². The number of nitrogens with zero attached hydrogens (tertiary/aromatic N) is 1. The van der Waals surface area contributed by atoms with Gasteiger partial charge in [0, 0.05) is 11.1 Å². The van der Waals surface area contributed by atoms with Gasteiger partial charge in [0.15, 0.2) is 5.78 Å². The lowest BCUT2D eigenvalue weighted by atomic mass is 9.96. The maximum Gasteiger partial charge on any atom is 0.313 e. The van der Waals surface area contributed by atoms with Crippen molar-refractivity contribution in [1.82, 2.24) is 4.90 Å². The van der Waals surface area contributed by atoms with Gasteiger partial charge in [-0.05, 0) is 30.7 Å². The molecule has 1 heterocycles. The van der Waals surface area contributed by atoms with E-state index in [0.717, 1.165) is 4.90 Å². The summed E-state index contributed by atoms with van der Waals surface area (Å²) in [6.45, 7) is 1.57. The van der Waals surface area contributed by atoms with Gasteiger partial charge in [0.05, 0.1) is 23.6 Å². The molecule has 2 amide bonds. The average Bonchev–Trinajstić information content (AvgIpc) is 3.08. The molecule has 4 rings (SSSR count). The minimum absolute atomic E-state index is 0.0165. The lowest BCUT2D eigenvalue weighted by Gasteiger charge is -2.16. The molecule has 0 aliphatic carbocycles. The maximum atomic E-state index is 12.7. The number of amides is 2. The first-order valence-electron chi connectivity index (χ1n) is 10.3. The summed E-state index contributed by atoms with van der Waals surface area (Å²) >= 11 is 0. The fourth-order valence-corrected chi connectivity index (χ4v) is 3.65. The molecule has 1 aliphatic heterocycles. The van der Waals surface area contributed by atoms with Gasteiger partial charge in [-0.25, -0.2) is 0 Å². The van der Waals surface area contributed by atoms with Crippen LogP contribution < -0.4 is 0 Å². The number of imide groups is 1. The molecule has 1 atom stereocenters. The number of fused-ring (bicyclic) bond motifs is 1. The Balaban J connectivity index is 1.37. The minimum Gasteiger partial charge on any atom is -0.463 e. The highest BCUT2D eigenvalue weighted by Crippen LogP contribution is 2.23. The van der Waals surface area contributed by atoms with Crippen LogP contribution in [0.4, 0.5) is 0 Å². The van der Waals surface area contributed by atoms with Crippen LogP contribution in [-0.4, -0.2) is 41.6 Å². The first-order chi connectivity index (χ1) is 15.5. The molecule has 0 fully saturated rings. The molecule has 0 aromatic heterocycles. The van der Waals surface area contributed by atoms with Crippen molar-refractivity contribution in [3.05, 3.63) is 107 Å². The van der Waals surface area contributed by atoms with Crippen LogP contribution in [0.2, 0.25) is 0 Å². The molecular weight excluding hydrogens is 406 g/mol. The summed E-state index contributed by atoms with van der Waals surface area (Å²) in [4.78, 5) is 51.1. The maximum absolute atomic E-state index is 12.7. The standard InChI is InChI=1S/C26H21NO5/c1-17(19-10-7-11-20(16-19)23(28)18-8-3-2-4-9-18)26(31)32-15-14-27-24(29)21-12-5-6-13-22(21)25(27)30/h2-13,16-17H,14-15H2,1H3. The lowest BCUT2D eigenvalue weighted by Crippen LogP contribution is -2.33. The smallest absolute Gasteiger partial charge is 0.313 e. The Morgan fingerprint density at radius 3 is 2.06 bits per heavy atom. The van der Waals surface area contributed by atoms with Gasteiger partial charge >= 0.3 is 5.97 Å². The molecule has 160 valence electrons. The van der Waals surface area contributed by atoms with Crippen molar-refractivity contribution in [2.75, 3.05) is 13.2 Å². The molecular formula is C26H21NO5. The summed E-state index contributed by atoms with van der Waals surface area (Å²) in [5.74, 6) is -2.01. The number of hydrogen-bond acceptors (Lipinski definition) is 5. The van der Waals surface area contributed by atoms with Crippen molar-refractivity contribution >= 4 is 23.6 Å². The zero-order chi connectivity index (χ0) is 22.7. The molecule has 1 aliphatic rings. The Morgan fingerprint density at radius 1 is 0.812 bits per heavy atom. The van der Waals surface area contributed by atoms with Gasteiger partial charge in [0.2, 0.25) is 0 Å². The highest BCUT2D eigenvalue weighted by molar-refractivity contribution is 6.21. The second-order valence-electron chi connectivity index (χ2n) is 7.52. The average molecular weight is 427 g/mol. The summed E-state index contributed by atoms with van der Waals surface area (Å²) in [6.07, 6.45) is 0. The van der Waals surface area contributed by atoms with Crippen LogP contribution in [0.3, 0.4) is 0 Å². The van der Waals surface area contributed by atoms with Crippen molar-refractivity contribution in [3.8, 4) is 0 Å². The molecule has 0 N–H and O–H groups in total. The van der Waals surface area contributed by atoms with E-state index in [-0.39, 0.29) is 30.7 Å². The Hall–Kier alpha value is -4.06. The van der Waals surface area contributed by atoms with E-state index in [1.807, 2.05) is 6.07 Å². The number of benzene rings is 3. The quantitative estimate of drug-likeness (QED) is 0.325. The minimum atomic E-state index is -0.610. The monoisotopic (exact) mass is 427 g/mol. The number of esters is 1. The first kappa shape index (κ1) is 21.2.